The maximum absolute atomic E-state index is 13.4. The lowest BCUT2D eigenvalue weighted by atomic mass is 10.2. The Hall–Kier alpha value is -2.82. The molecule has 1 saturated heterocycles. The van der Waals surface area contributed by atoms with Crippen LogP contribution >= 0.6 is 0 Å². The van der Waals surface area contributed by atoms with Gasteiger partial charge in [0.15, 0.2) is 0 Å². The first kappa shape index (κ1) is 20.9. The van der Waals surface area contributed by atoms with E-state index < -0.39 is 21.7 Å². The minimum Gasteiger partial charge on any atom is -0.366 e. The van der Waals surface area contributed by atoms with Gasteiger partial charge in [-0.3, -0.25) is 14.5 Å². The van der Waals surface area contributed by atoms with Crippen molar-refractivity contribution >= 4 is 27.5 Å². The number of piperazine rings is 1. The van der Waals surface area contributed by atoms with E-state index in [2.05, 4.69) is 5.32 Å². The smallest absolute Gasteiger partial charge is 0.248 e. The number of rotatable bonds is 6. The molecule has 0 atom stereocenters. The molecule has 2 aromatic rings. The number of anilines is 1. The quantitative estimate of drug-likeness (QED) is 0.720. The monoisotopic (exact) mass is 420 g/mol. The zero-order valence-corrected chi connectivity index (χ0v) is 16.4. The van der Waals surface area contributed by atoms with Crippen LogP contribution in [-0.2, 0) is 14.8 Å². The van der Waals surface area contributed by atoms with Gasteiger partial charge in [-0.05, 0) is 42.5 Å². The predicted octanol–water partition coefficient (Wildman–Crippen LogP) is 0.870. The molecule has 29 heavy (non-hydrogen) atoms. The van der Waals surface area contributed by atoms with E-state index in [-0.39, 0.29) is 30.4 Å². The summed E-state index contributed by atoms with van der Waals surface area (Å²) >= 11 is 0. The molecule has 0 aliphatic carbocycles. The second-order valence-corrected chi connectivity index (χ2v) is 8.57. The molecule has 1 fully saturated rings. The van der Waals surface area contributed by atoms with Gasteiger partial charge in [0.1, 0.15) is 5.82 Å². The Bertz CT molecular complexity index is 1000. The number of carbonyl (C=O) groups is 2. The highest BCUT2D eigenvalue weighted by molar-refractivity contribution is 7.89. The number of nitrogens with one attached hydrogen (secondary N) is 1. The first-order valence-corrected chi connectivity index (χ1v) is 10.4. The van der Waals surface area contributed by atoms with Crippen LogP contribution in [0.1, 0.15) is 10.4 Å². The van der Waals surface area contributed by atoms with Gasteiger partial charge in [0, 0.05) is 37.4 Å². The molecule has 10 heteroatoms. The largest absolute Gasteiger partial charge is 0.366 e. The fourth-order valence-corrected chi connectivity index (χ4v) is 4.48. The molecule has 0 saturated carbocycles. The van der Waals surface area contributed by atoms with Crippen LogP contribution in [0, 0.1) is 5.82 Å². The van der Waals surface area contributed by atoms with Crippen molar-refractivity contribution in [2.24, 2.45) is 5.73 Å². The summed E-state index contributed by atoms with van der Waals surface area (Å²) in [6.07, 6.45) is 0. The third kappa shape index (κ3) is 5.17. The molecular weight excluding hydrogens is 399 g/mol. The average Bonchev–Trinajstić information content (AvgIpc) is 2.68. The van der Waals surface area contributed by atoms with Crippen LogP contribution in [0.25, 0.3) is 0 Å². The zero-order chi connectivity index (χ0) is 21.0. The number of nitrogens with two attached hydrogens (primary N) is 1. The van der Waals surface area contributed by atoms with E-state index in [1.54, 1.807) is 12.1 Å². The average molecular weight is 420 g/mol. The molecule has 0 unspecified atom stereocenters. The summed E-state index contributed by atoms with van der Waals surface area (Å²) in [4.78, 5) is 25.0. The number of primary amides is 1. The van der Waals surface area contributed by atoms with E-state index in [1.165, 1.54) is 34.6 Å². The maximum atomic E-state index is 13.4. The van der Waals surface area contributed by atoms with Crippen molar-refractivity contribution in [2.75, 3.05) is 38.0 Å². The third-order valence-electron chi connectivity index (χ3n) is 4.59. The van der Waals surface area contributed by atoms with Gasteiger partial charge in [-0.25, -0.2) is 12.8 Å². The molecule has 0 aromatic heterocycles. The van der Waals surface area contributed by atoms with E-state index in [4.69, 9.17) is 5.73 Å². The van der Waals surface area contributed by atoms with Crippen LogP contribution in [-0.4, -0.2) is 62.2 Å². The number of hydrogen-bond acceptors (Lipinski definition) is 5. The summed E-state index contributed by atoms with van der Waals surface area (Å²) in [5, 5.41) is 2.72. The summed E-state index contributed by atoms with van der Waals surface area (Å²) in [7, 11) is -3.77. The minimum atomic E-state index is -3.77. The molecule has 1 aliphatic rings. The fraction of sp³-hybridized carbons (Fsp3) is 0.263. The zero-order valence-electron chi connectivity index (χ0n) is 15.5. The highest BCUT2D eigenvalue weighted by Gasteiger charge is 2.29. The van der Waals surface area contributed by atoms with Crippen molar-refractivity contribution in [2.45, 2.75) is 4.90 Å². The molecule has 154 valence electrons. The van der Waals surface area contributed by atoms with Crippen molar-refractivity contribution in [1.82, 2.24) is 9.21 Å². The van der Waals surface area contributed by atoms with Gasteiger partial charge in [0.25, 0.3) is 0 Å². The normalized spacial score (nSPS) is 15.8. The van der Waals surface area contributed by atoms with Gasteiger partial charge in [0.2, 0.25) is 21.8 Å². The van der Waals surface area contributed by atoms with E-state index in [1.807, 2.05) is 4.90 Å². The van der Waals surface area contributed by atoms with Gasteiger partial charge in [-0.2, -0.15) is 4.31 Å². The summed E-state index contributed by atoms with van der Waals surface area (Å²) in [5.74, 6) is -1.41. The van der Waals surface area contributed by atoms with Crippen molar-refractivity contribution in [3.05, 3.63) is 59.9 Å². The predicted molar refractivity (Wildman–Crippen MR) is 105 cm³/mol. The van der Waals surface area contributed by atoms with E-state index in [9.17, 15) is 22.4 Å². The van der Waals surface area contributed by atoms with Gasteiger partial charge in [-0.1, -0.05) is 6.07 Å². The van der Waals surface area contributed by atoms with Gasteiger partial charge < -0.3 is 11.1 Å². The van der Waals surface area contributed by atoms with Crippen molar-refractivity contribution in [3.63, 3.8) is 0 Å². The van der Waals surface area contributed by atoms with Crippen molar-refractivity contribution in [1.29, 1.82) is 0 Å². The Kier molecular flexibility index (Phi) is 6.26. The Morgan fingerprint density at radius 1 is 1.03 bits per heavy atom. The SMILES string of the molecule is NC(=O)c1ccc(NC(=O)CN2CCN(S(=O)(=O)c3cccc(F)c3)CC2)cc1. The lowest BCUT2D eigenvalue weighted by Crippen LogP contribution is -2.50. The molecule has 3 rings (SSSR count). The second kappa shape index (κ2) is 8.68. The molecule has 3 N–H and O–H groups in total. The van der Waals surface area contributed by atoms with E-state index in [0.29, 0.717) is 24.3 Å². The van der Waals surface area contributed by atoms with Crippen molar-refractivity contribution in [3.8, 4) is 0 Å². The number of benzene rings is 2. The van der Waals surface area contributed by atoms with Gasteiger partial charge in [0.05, 0.1) is 11.4 Å². The summed E-state index contributed by atoms with van der Waals surface area (Å²) in [6, 6.07) is 11.1. The Morgan fingerprint density at radius 2 is 1.69 bits per heavy atom. The molecule has 2 amide bonds. The Morgan fingerprint density at radius 3 is 2.28 bits per heavy atom. The molecule has 2 aromatic carbocycles. The Balaban J connectivity index is 1.53. The lowest BCUT2D eigenvalue weighted by molar-refractivity contribution is -0.117. The molecule has 1 heterocycles. The van der Waals surface area contributed by atoms with E-state index in [0.717, 1.165) is 6.07 Å². The third-order valence-corrected chi connectivity index (χ3v) is 6.48. The standard InChI is InChI=1S/C19H21FN4O4S/c20-15-2-1-3-17(12-15)29(27,28)24-10-8-23(9-11-24)13-18(25)22-16-6-4-14(5-7-16)19(21)26/h1-7,12H,8-11,13H2,(H2,21,26)(H,22,25). The minimum absolute atomic E-state index is 0.0805. The first-order chi connectivity index (χ1) is 13.8. The van der Waals surface area contributed by atoms with Gasteiger partial charge in [-0.15, -0.1) is 0 Å². The highest BCUT2D eigenvalue weighted by atomic mass is 32.2. The number of halogens is 1. The molecular formula is C19H21FN4O4S. The Labute approximate surface area is 168 Å². The number of hydrogen-bond donors (Lipinski definition) is 2. The number of carbonyl (C=O) groups excluding carboxylic acids is 2. The molecule has 0 radical (unpaired) electrons. The second-order valence-electron chi connectivity index (χ2n) is 6.63. The van der Waals surface area contributed by atoms with Crippen LogP contribution in [0.4, 0.5) is 10.1 Å². The number of sulfonamides is 1. The topological polar surface area (TPSA) is 113 Å². The molecule has 0 bridgehead atoms. The van der Waals surface area contributed by atoms with E-state index >= 15 is 0 Å². The highest BCUT2D eigenvalue weighted by Crippen LogP contribution is 2.18. The molecule has 8 nitrogen and oxygen atoms in total. The lowest BCUT2D eigenvalue weighted by Gasteiger charge is -2.33. The number of amides is 2. The summed E-state index contributed by atoms with van der Waals surface area (Å²) < 4.78 is 39.9. The molecule has 1 aliphatic heterocycles. The van der Waals surface area contributed by atoms with Crippen LogP contribution < -0.4 is 11.1 Å². The maximum Gasteiger partial charge on any atom is 0.248 e. The fourth-order valence-electron chi connectivity index (χ4n) is 3.03. The molecule has 0 spiro atoms. The van der Waals surface area contributed by atoms with Crippen LogP contribution in [0.5, 0.6) is 0 Å². The van der Waals surface area contributed by atoms with Crippen LogP contribution in [0.3, 0.4) is 0 Å². The van der Waals surface area contributed by atoms with Crippen LogP contribution in [0.15, 0.2) is 53.4 Å². The summed E-state index contributed by atoms with van der Waals surface area (Å²) in [6.45, 7) is 1.27. The number of nitrogens with zero attached hydrogens (tertiary/aromatic N) is 2. The first-order valence-electron chi connectivity index (χ1n) is 8.93. The summed E-state index contributed by atoms with van der Waals surface area (Å²) in [5.41, 5.74) is 6.06. The van der Waals surface area contributed by atoms with Gasteiger partial charge >= 0.3 is 0 Å². The van der Waals surface area contributed by atoms with Crippen LogP contribution in [0.2, 0.25) is 0 Å². The van der Waals surface area contributed by atoms with Crippen molar-refractivity contribution < 1.29 is 22.4 Å².